The van der Waals surface area contributed by atoms with Gasteiger partial charge in [0.05, 0.1) is 16.3 Å². The lowest BCUT2D eigenvalue weighted by Gasteiger charge is -2.13. The van der Waals surface area contributed by atoms with E-state index in [1.807, 2.05) is 0 Å². The molecule has 0 fully saturated rings. The van der Waals surface area contributed by atoms with Gasteiger partial charge in [0.15, 0.2) is 5.69 Å². The summed E-state index contributed by atoms with van der Waals surface area (Å²) in [7, 11) is -4.04. The number of hydrogen-bond donors (Lipinski definition) is 3. The summed E-state index contributed by atoms with van der Waals surface area (Å²) < 4.78 is 68.1. The lowest BCUT2D eigenvalue weighted by atomic mass is 9.97. The molecule has 3 aromatic carbocycles. The second-order valence-electron chi connectivity index (χ2n) is 9.23. The Hall–Kier alpha value is -4.49. The van der Waals surface area contributed by atoms with Crippen molar-refractivity contribution in [3.05, 3.63) is 89.6 Å². The monoisotopic (exact) mass is 585 g/mol. The third-order valence-electron chi connectivity index (χ3n) is 6.12. The highest BCUT2D eigenvalue weighted by molar-refractivity contribution is 7.89. The number of sulfonamides is 1. The summed E-state index contributed by atoms with van der Waals surface area (Å²) in [5.74, 6) is -0.475. The minimum atomic E-state index is -4.84. The van der Waals surface area contributed by atoms with Crippen LogP contribution in [0.5, 0.6) is 0 Å². The van der Waals surface area contributed by atoms with Gasteiger partial charge in [-0.3, -0.25) is 9.59 Å². The molecule has 0 bridgehead atoms. The summed E-state index contributed by atoms with van der Waals surface area (Å²) >= 11 is 0. The van der Waals surface area contributed by atoms with Crippen molar-refractivity contribution in [1.29, 1.82) is 0 Å². The van der Waals surface area contributed by atoms with Gasteiger partial charge in [-0.15, -0.1) is 0 Å². The first-order valence-electron chi connectivity index (χ1n) is 12.2. The maximum absolute atomic E-state index is 14.4. The van der Waals surface area contributed by atoms with Gasteiger partial charge >= 0.3 is 6.18 Å². The number of halogens is 3. The van der Waals surface area contributed by atoms with Crippen LogP contribution in [-0.2, 0) is 38.9 Å². The van der Waals surface area contributed by atoms with Crippen LogP contribution in [0.3, 0.4) is 0 Å². The first kappa shape index (κ1) is 29.5. The first-order valence-corrected chi connectivity index (χ1v) is 13.8. The molecular weight excluding hydrogens is 559 g/mol. The predicted molar refractivity (Wildman–Crippen MR) is 146 cm³/mol. The van der Waals surface area contributed by atoms with E-state index in [4.69, 9.17) is 5.14 Å². The Labute approximate surface area is 234 Å². The Kier molecular flexibility index (Phi) is 8.31. The van der Waals surface area contributed by atoms with E-state index < -0.39 is 21.9 Å². The van der Waals surface area contributed by atoms with Crippen LogP contribution < -0.4 is 15.8 Å². The van der Waals surface area contributed by atoms with E-state index in [1.54, 1.807) is 36.4 Å². The van der Waals surface area contributed by atoms with E-state index in [-0.39, 0.29) is 52.2 Å². The van der Waals surface area contributed by atoms with Crippen LogP contribution in [0.2, 0.25) is 0 Å². The zero-order chi connectivity index (χ0) is 29.9. The van der Waals surface area contributed by atoms with E-state index >= 15 is 0 Å². The third kappa shape index (κ3) is 6.99. The molecule has 9 nitrogen and oxygen atoms in total. The van der Waals surface area contributed by atoms with E-state index in [2.05, 4.69) is 15.7 Å². The molecule has 0 spiro atoms. The van der Waals surface area contributed by atoms with Crippen molar-refractivity contribution < 1.29 is 31.2 Å². The molecule has 4 aromatic rings. The van der Waals surface area contributed by atoms with Gasteiger partial charge in [-0.25, -0.2) is 18.2 Å². The summed E-state index contributed by atoms with van der Waals surface area (Å²) in [4.78, 5) is 22.3. The number of primary sulfonamides is 1. The number of nitrogens with one attached hydrogen (secondary N) is 2. The summed E-state index contributed by atoms with van der Waals surface area (Å²) in [6, 6.07) is 17.9. The average Bonchev–Trinajstić information content (AvgIpc) is 3.32. The quantitative estimate of drug-likeness (QED) is 0.286. The van der Waals surface area contributed by atoms with Crippen molar-refractivity contribution in [3.8, 4) is 28.1 Å². The largest absolute Gasteiger partial charge is 0.435 e. The van der Waals surface area contributed by atoms with Gasteiger partial charge in [0.25, 0.3) is 0 Å². The Morgan fingerprint density at radius 3 is 1.71 bits per heavy atom. The van der Waals surface area contributed by atoms with Crippen molar-refractivity contribution in [2.45, 2.75) is 38.0 Å². The molecular formula is C28H26F3N5O4S. The van der Waals surface area contributed by atoms with Gasteiger partial charge < -0.3 is 10.6 Å². The SMILES string of the molecule is CC(=O)NCc1ccc(-c2c(C(F)(F)F)nn(-c3ccc(CNC(C)=O)cc3)c2-c2ccc(S(N)(=O)=O)cc2)cc1. The lowest BCUT2D eigenvalue weighted by Crippen LogP contribution is -2.18. The fourth-order valence-electron chi connectivity index (χ4n) is 4.14. The van der Waals surface area contributed by atoms with Gasteiger partial charge in [-0.05, 0) is 41.0 Å². The fourth-order valence-corrected chi connectivity index (χ4v) is 4.66. The molecule has 0 atom stereocenters. The van der Waals surface area contributed by atoms with Crippen molar-refractivity contribution in [2.75, 3.05) is 0 Å². The Morgan fingerprint density at radius 2 is 1.27 bits per heavy atom. The standard InChI is InChI=1S/C28H26F3N5O4S/c1-17(37)33-15-19-3-7-21(8-4-19)25-26(22-9-13-24(14-10-22)41(32,39)40)36(35-27(25)28(29,30)31)23-11-5-20(6-12-23)16-34-18(2)38/h3-14H,15-16H2,1-2H3,(H,33,37)(H,34,38)(H2,32,39,40). The number of carbonyl (C=O) groups is 2. The van der Waals surface area contributed by atoms with Crippen LogP contribution in [0.1, 0.15) is 30.7 Å². The number of nitrogens with zero attached hydrogens (tertiary/aromatic N) is 2. The molecule has 4 rings (SSSR count). The Balaban J connectivity index is 1.92. The molecule has 1 aromatic heterocycles. The van der Waals surface area contributed by atoms with E-state index in [0.717, 1.165) is 10.2 Å². The third-order valence-corrected chi connectivity index (χ3v) is 7.05. The number of aromatic nitrogens is 2. The van der Waals surface area contributed by atoms with Crippen LogP contribution in [0.25, 0.3) is 28.1 Å². The first-order chi connectivity index (χ1) is 19.2. The molecule has 0 aliphatic heterocycles. The van der Waals surface area contributed by atoms with Crippen molar-refractivity contribution >= 4 is 21.8 Å². The lowest BCUT2D eigenvalue weighted by molar-refractivity contribution is -0.140. The fraction of sp³-hybridized carbons (Fsp3) is 0.179. The average molecular weight is 586 g/mol. The van der Waals surface area contributed by atoms with Crippen LogP contribution in [0, 0.1) is 0 Å². The van der Waals surface area contributed by atoms with Gasteiger partial charge in [0.2, 0.25) is 21.8 Å². The molecule has 0 radical (unpaired) electrons. The summed E-state index contributed by atoms with van der Waals surface area (Å²) in [6.45, 7) is 3.17. The zero-order valence-electron chi connectivity index (χ0n) is 22.0. The molecule has 4 N–H and O–H groups in total. The molecule has 41 heavy (non-hydrogen) atoms. The number of nitrogens with two attached hydrogens (primary N) is 1. The molecule has 1 heterocycles. The molecule has 13 heteroatoms. The van der Waals surface area contributed by atoms with Crippen molar-refractivity contribution in [3.63, 3.8) is 0 Å². The minimum absolute atomic E-state index is 0.0718. The normalized spacial score (nSPS) is 11.8. The van der Waals surface area contributed by atoms with Crippen LogP contribution in [0.15, 0.2) is 77.7 Å². The number of carbonyl (C=O) groups excluding carboxylic acids is 2. The number of benzene rings is 3. The predicted octanol–water partition coefficient (Wildman–Crippen LogP) is 4.14. The molecule has 0 aliphatic carbocycles. The van der Waals surface area contributed by atoms with E-state index in [9.17, 15) is 31.2 Å². The summed E-state index contributed by atoms with van der Waals surface area (Å²) in [6.07, 6.45) is -4.84. The summed E-state index contributed by atoms with van der Waals surface area (Å²) in [5.41, 5.74) is 0.903. The van der Waals surface area contributed by atoms with Gasteiger partial charge in [-0.1, -0.05) is 48.5 Å². The number of alkyl halides is 3. The second kappa shape index (κ2) is 11.6. The smallest absolute Gasteiger partial charge is 0.352 e. The summed E-state index contributed by atoms with van der Waals surface area (Å²) in [5, 5.41) is 14.5. The van der Waals surface area contributed by atoms with Crippen LogP contribution in [-0.4, -0.2) is 30.0 Å². The van der Waals surface area contributed by atoms with Crippen molar-refractivity contribution in [2.24, 2.45) is 5.14 Å². The molecule has 0 saturated heterocycles. The Bertz CT molecular complexity index is 1680. The molecule has 2 amide bonds. The van der Waals surface area contributed by atoms with Gasteiger partial charge in [0.1, 0.15) is 0 Å². The van der Waals surface area contributed by atoms with E-state index in [1.165, 1.54) is 50.2 Å². The van der Waals surface area contributed by atoms with Gasteiger partial charge in [-0.2, -0.15) is 18.3 Å². The molecule has 214 valence electrons. The molecule has 0 unspecified atom stereocenters. The maximum atomic E-state index is 14.4. The number of amides is 2. The van der Waals surface area contributed by atoms with Gasteiger partial charge in [0, 0.05) is 38.1 Å². The second-order valence-corrected chi connectivity index (χ2v) is 10.8. The zero-order valence-corrected chi connectivity index (χ0v) is 22.8. The van der Waals surface area contributed by atoms with Crippen LogP contribution >= 0.6 is 0 Å². The maximum Gasteiger partial charge on any atom is 0.435 e. The highest BCUT2D eigenvalue weighted by atomic mass is 32.2. The van der Waals surface area contributed by atoms with Crippen LogP contribution in [0.4, 0.5) is 13.2 Å². The van der Waals surface area contributed by atoms with E-state index in [0.29, 0.717) is 11.3 Å². The topological polar surface area (TPSA) is 136 Å². The molecule has 0 aliphatic rings. The number of rotatable bonds is 8. The Morgan fingerprint density at radius 1 is 0.805 bits per heavy atom. The minimum Gasteiger partial charge on any atom is -0.352 e. The van der Waals surface area contributed by atoms with Crippen molar-refractivity contribution in [1.82, 2.24) is 20.4 Å². The number of hydrogen-bond acceptors (Lipinski definition) is 5. The highest BCUT2D eigenvalue weighted by Crippen LogP contribution is 2.43. The highest BCUT2D eigenvalue weighted by Gasteiger charge is 2.40. The molecule has 0 saturated carbocycles.